The molecule has 1 amide bonds. The zero-order chi connectivity index (χ0) is 20.0. The van der Waals surface area contributed by atoms with E-state index in [0.717, 1.165) is 12.0 Å². The number of nitrogens with zero attached hydrogens (tertiary/aromatic N) is 2. The first-order chi connectivity index (χ1) is 12.9. The van der Waals surface area contributed by atoms with Crippen molar-refractivity contribution in [3.8, 4) is 0 Å². The van der Waals surface area contributed by atoms with Gasteiger partial charge in [-0.2, -0.15) is 0 Å². The maximum atomic E-state index is 12.4. The van der Waals surface area contributed by atoms with Crippen LogP contribution in [0.3, 0.4) is 0 Å². The first-order valence-electron chi connectivity index (χ1n) is 9.08. The lowest BCUT2D eigenvalue weighted by Crippen LogP contribution is -2.44. The highest BCUT2D eigenvalue weighted by atomic mass is 16.2. The van der Waals surface area contributed by atoms with Crippen LogP contribution in [0.5, 0.6) is 0 Å². The van der Waals surface area contributed by atoms with Crippen molar-refractivity contribution < 1.29 is 4.79 Å². The smallest absolute Gasteiger partial charge is 0.330 e. The van der Waals surface area contributed by atoms with E-state index in [-0.39, 0.29) is 36.5 Å². The molecular weight excluding hydrogens is 346 g/mol. The molecule has 1 aromatic carbocycles. The van der Waals surface area contributed by atoms with Crippen LogP contribution in [0.4, 0.5) is 11.5 Å². The minimum atomic E-state index is -0.597. The number of hydrogen-bond donors (Lipinski definition) is 3. The van der Waals surface area contributed by atoms with E-state index in [1.54, 1.807) is 4.90 Å². The fourth-order valence-electron chi connectivity index (χ4n) is 2.75. The van der Waals surface area contributed by atoms with Gasteiger partial charge in [0.05, 0.1) is 13.1 Å². The standard InChI is InChI=1S/C19H27N5O3/c1-4-13(3)21-15(25)12-23(5-2)16-17(20)24(19(27)22-18(16)26)11-14-9-7-6-8-10-14/h6-10,13H,4-5,11-12,20H2,1-3H3,(H,21,25)(H,22,26,27). The Morgan fingerprint density at radius 2 is 1.93 bits per heavy atom. The van der Waals surface area contributed by atoms with Crippen LogP contribution in [0.15, 0.2) is 39.9 Å². The van der Waals surface area contributed by atoms with Crippen molar-refractivity contribution in [2.45, 2.75) is 39.8 Å². The van der Waals surface area contributed by atoms with Gasteiger partial charge in [0.1, 0.15) is 11.5 Å². The molecular formula is C19H27N5O3. The van der Waals surface area contributed by atoms with E-state index in [1.165, 1.54) is 4.57 Å². The molecule has 0 bridgehead atoms. The molecule has 0 radical (unpaired) electrons. The second-order valence-corrected chi connectivity index (χ2v) is 6.46. The summed E-state index contributed by atoms with van der Waals surface area (Å²) in [7, 11) is 0. The number of nitrogens with two attached hydrogens (primary N) is 1. The predicted octanol–water partition coefficient (Wildman–Crippen LogP) is 0.908. The lowest BCUT2D eigenvalue weighted by Gasteiger charge is -2.25. The topological polar surface area (TPSA) is 113 Å². The number of likely N-dealkylation sites (N-methyl/N-ethyl adjacent to an activating group) is 1. The maximum absolute atomic E-state index is 12.4. The number of amides is 1. The second kappa shape index (κ2) is 9.07. The highest BCUT2D eigenvalue weighted by Crippen LogP contribution is 2.17. The number of carbonyl (C=O) groups is 1. The summed E-state index contributed by atoms with van der Waals surface area (Å²) in [5.41, 5.74) is 6.01. The Kier molecular flexibility index (Phi) is 6.81. The molecule has 2 rings (SSSR count). The van der Waals surface area contributed by atoms with Crippen LogP contribution in [0, 0.1) is 0 Å². The highest BCUT2D eigenvalue weighted by molar-refractivity contribution is 5.82. The molecule has 8 heteroatoms. The third-order valence-corrected chi connectivity index (χ3v) is 4.45. The quantitative estimate of drug-likeness (QED) is 0.636. The summed E-state index contributed by atoms with van der Waals surface area (Å²) in [6, 6.07) is 9.38. The minimum Gasteiger partial charge on any atom is -0.383 e. The van der Waals surface area contributed by atoms with E-state index >= 15 is 0 Å². The highest BCUT2D eigenvalue weighted by Gasteiger charge is 2.20. The van der Waals surface area contributed by atoms with Crippen LogP contribution in [-0.2, 0) is 11.3 Å². The number of nitrogens with one attached hydrogen (secondary N) is 2. The molecule has 0 aliphatic heterocycles. The summed E-state index contributed by atoms with van der Waals surface area (Å²) in [6.45, 7) is 6.32. The molecule has 1 aromatic heterocycles. The number of nitrogen functional groups attached to an aromatic ring is 1. The minimum absolute atomic E-state index is 0.0162. The lowest BCUT2D eigenvalue weighted by atomic mass is 10.2. The number of H-pyrrole nitrogens is 1. The van der Waals surface area contributed by atoms with Crippen LogP contribution in [-0.4, -0.2) is 34.6 Å². The summed E-state index contributed by atoms with van der Waals surface area (Å²) in [6.07, 6.45) is 0.808. The van der Waals surface area contributed by atoms with Crippen molar-refractivity contribution in [3.05, 3.63) is 56.7 Å². The van der Waals surface area contributed by atoms with Gasteiger partial charge in [0.25, 0.3) is 5.56 Å². The fraction of sp³-hybridized carbons (Fsp3) is 0.421. The van der Waals surface area contributed by atoms with Crippen molar-refractivity contribution in [3.63, 3.8) is 0 Å². The third kappa shape index (κ3) is 4.99. The molecule has 1 heterocycles. The summed E-state index contributed by atoms with van der Waals surface area (Å²) >= 11 is 0. The van der Waals surface area contributed by atoms with E-state index in [1.807, 2.05) is 51.1 Å². The van der Waals surface area contributed by atoms with Gasteiger partial charge < -0.3 is 16.0 Å². The van der Waals surface area contributed by atoms with Gasteiger partial charge in [0, 0.05) is 12.6 Å². The number of aromatic amines is 1. The van der Waals surface area contributed by atoms with Gasteiger partial charge in [-0.25, -0.2) is 4.79 Å². The SMILES string of the molecule is CCC(C)NC(=O)CN(CC)c1c(N)n(Cc2ccccc2)c(=O)[nH]c1=O. The van der Waals surface area contributed by atoms with Crippen molar-refractivity contribution in [2.75, 3.05) is 23.7 Å². The van der Waals surface area contributed by atoms with E-state index in [2.05, 4.69) is 10.3 Å². The van der Waals surface area contributed by atoms with Gasteiger partial charge in [-0.3, -0.25) is 19.1 Å². The van der Waals surface area contributed by atoms with Gasteiger partial charge in [-0.05, 0) is 25.8 Å². The molecule has 146 valence electrons. The summed E-state index contributed by atoms with van der Waals surface area (Å²) in [4.78, 5) is 40.8. The molecule has 0 aliphatic rings. The largest absolute Gasteiger partial charge is 0.383 e. The zero-order valence-electron chi connectivity index (χ0n) is 16.0. The van der Waals surface area contributed by atoms with Crippen molar-refractivity contribution in [2.24, 2.45) is 0 Å². The molecule has 4 N–H and O–H groups in total. The Morgan fingerprint density at radius 3 is 2.52 bits per heavy atom. The fourth-order valence-corrected chi connectivity index (χ4v) is 2.75. The van der Waals surface area contributed by atoms with Crippen LogP contribution >= 0.6 is 0 Å². The van der Waals surface area contributed by atoms with Gasteiger partial charge >= 0.3 is 5.69 Å². The monoisotopic (exact) mass is 373 g/mol. The Bertz CT molecular complexity index is 888. The number of aromatic nitrogens is 2. The summed E-state index contributed by atoms with van der Waals surface area (Å²) in [5, 5.41) is 2.87. The van der Waals surface area contributed by atoms with Gasteiger partial charge in [0.2, 0.25) is 5.91 Å². The van der Waals surface area contributed by atoms with Crippen LogP contribution < -0.4 is 27.2 Å². The maximum Gasteiger partial charge on any atom is 0.330 e. The summed E-state index contributed by atoms with van der Waals surface area (Å²) < 4.78 is 1.31. The number of benzene rings is 1. The molecule has 0 fully saturated rings. The van der Waals surface area contributed by atoms with Crippen molar-refractivity contribution >= 4 is 17.4 Å². The molecule has 0 spiro atoms. The number of hydrogen-bond acceptors (Lipinski definition) is 5. The Hall–Kier alpha value is -3.03. The normalized spacial score (nSPS) is 11.8. The number of carbonyl (C=O) groups excluding carboxylic acids is 1. The Labute approximate surface area is 158 Å². The molecule has 8 nitrogen and oxygen atoms in total. The molecule has 0 saturated carbocycles. The van der Waals surface area contributed by atoms with Gasteiger partial charge in [-0.1, -0.05) is 37.3 Å². The first-order valence-corrected chi connectivity index (χ1v) is 9.08. The molecule has 2 aromatic rings. The second-order valence-electron chi connectivity index (χ2n) is 6.46. The molecule has 1 atom stereocenters. The van der Waals surface area contributed by atoms with E-state index in [0.29, 0.717) is 6.54 Å². The number of anilines is 2. The van der Waals surface area contributed by atoms with Crippen molar-refractivity contribution in [1.82, 2.24) is 14.9 Å². The van der Waals surface area contributed by atoms with E-state index in [4.69, 9.17) is 5.73 Å². The average molecular weight is 373 g/mol. The Balaban J connectivity index is 2.37. The lowest BCUT2D eigenvalue weighted by molar-refractivity contribution is -0.120. The summed E-state index contributed by atoms with van der Waals surface area (Å²) in [5.74, 6) is -0.156. The van der Waals surface area contributed by atoms with Crippen LogP contribution in [0.1, 0.15) is 32.8 Å². The molecule has 1 unspecified atom stereocenters. The average Bonchev–Trinajstić information content (AvgIpc) is 2.64. The predicted molar refractivity (Wildman–Crippen MR) is 107 cm³/mol. The van der Waals surface area contributed by atoms with Gasteiger partial charge in [-0.15, -0.1) is 0 Å². The van der Waals surface area contributed by atoms with Crippen LogP contribution in [0.25, 0.3) is 0 Å². The first kappa shape index (κ1) is 20.3. The number of rotatable bonds is 8. The van der Waals surface area contributed by atoms with E-state index < -0.39 is 11.2 Å². The Morgan fingerprint density at radius 1 is 1.26 bits per heavy atom. The van der Waals surface area contributed by atoms with E-state index in [9.17, 15) is 14.4 Å². The zero-order valence-corrected chi connectivity index (χ0v) is 16.0. The van der Waals surface area contributed by atoms with Crippen LogP contribution in [0.2, 0.25) is 0 Å². The molecule has 0 aliphatic carbocycles. The van der Waals surface area contributed by atoms with Crippen molar-refractivity contribution in [1.29, 1.82) is 0 Å². The van der Waals surface area contributed by atoms with Gasteiger partial charge in [0.15, 0.2) is 0 Å². The molecule has 27 heavy (non-hydrogen) atoms. The third-order valence-electron chi connectivity index (χ3n) is 4.45. The molecule has 0 saturated heterocycles.